The van der Waals surface area contributed by atoms with Gasteiger partial charge in [-0.25, -0.2) is 0 Å². The molecule has 128 valence electrons. The molecule has 0 radical (unpaired) electrons. The van der Waals surface area contributed by atoms with Crippen molar-refractivity contribution in [2.45, 2.75) is 19.1 Å². The molecule has 6 heteroatoms. The first-order chi connectivity index (χ1) is 11.5. The molecule has 0 saturated carbocycles. The molecule has 0 aliphatic carbocycles. The molecule has 1 saturated heterocycles. The van der Waals surface area contributed by atoms with Crippen molar-refractivity contribution in [2.24, 2.45) is 0 Å². The smallest absolute Gasteiger partial charge is 0.255 e. The molecule has 0 spiro atoms. The first-order valence-corrected chi connectivity index (χ1v) is 8.15. The van der Waals surface area contributed by atoms with Gasteiger partial charge in [-0.2, -0.15) is 5.10 Å². The summed E-state index contributed by atoms with van der Waals surface area (Å²) in [7, 11) is 3.53. The van der Waals surface area contributed by atoms with E-state index in [4.69, 9.17) is 4.74 Å². The lowest BCUT2D eigenvalue weighted by molar-refractivity contribution is -0.165. The van der Waals surface area contributed by atoms with Crippen LogP contribution in [0.3, 0.4) is 0 Å². The van der Waals surface area contributed by atoms with Crippen LogP contribution >= 0.6 is 0 Å². The Morgan fingerprint density at radius 3 is 2.83 bits per heavy atom. The number of benzene rings is 1. The number of rotatable bonds is 4. The van der Waals surface area contributed by atoms with Crippen LogP contribution in [0.2, 0.25) is 0 Å². The third-order valence-corrected chi connectivity index (χ3v) is 4.39. The minimum atomic E-state index is -0.793. The first-order valence-electron chi connectivity index (χ1n) is 8.15. The van der Waals surface area contributed by atoms with Crippen LogP contribution < -0.4 is 0 Å². The number of likely N-dealkylation sites (N-methyl/N-ethyl adjacent to an activating group) is 1. The van der Waals surface area contributed by atoms with Crippen molar-refractivity contribution >= 4 is 5.91 Å². The number of nitrogens with one attached hydrogen (secondary N) is 1. The van der Waals surface area contributed by atoms with Crippen LogP contribution in [0.15, 0.2) is 36.5 Å². The first kappa shape index (κ1) is 16.7. The maximum Gasteiger partial charge on any atom is 0.255 e. The molecule has 1 aromatic carbocycles. The number of nitrogens with zero attached hydrogens (tertiary/aromatic N) is 3. The van der Waals surface area contributed by atoms with E-state index >= 15 is 0 Å². The highest BCUT2D eigenvalue weighted by Gasteiger charge is 2.40. The molecular weight excluding hydrogens is 304 g/mol. The number of aromatic nitrogens is 2. The molecule has 0 bridgehead atoms. The largest absolute Gasteiger partial charge is 0.363 e. The second kappa shape index (κ2) is 6.75. The van der Waals surface area contributed by atoms with E-state index in [0.29, 0.717) is 13.2 Å². The van der Waals surface area contributed by atoms with E-state index in [0.717, 1.165) is 29.9 Å². The van der Waals surface area contributed by atoms with Crippen LogP contribution in [0.25, 0.3) is 11.3 Å². The van der Waals surface area contributed by atoms with Gasteiger partial charge in [0.25, 0.3) is 5.91 Å². The van der Waals surface area contributed by atoms with Gasteiger partial charge in [-0.3, -0.25) is 14.8 Å². The lowest BCUT2D eigenvalue weighted by atomic mass is 10.0. The number of H-pyrrole nitrogens is 1. The molecule has 0 unspecified atom stereocenters. The summed E-state index contributed by atoms with van der Waals surface area (Å²) in [5.74, 6) is 0.00248. The lowest BCUT2D eigenvalue weighted by Gasteiger charge is -2.40. The van der Waals surface area contributed by atoms with E-state index in [1.807, 2.05) is 31.3 Å². The van der Waals surface area contributed by atoms with E-state index < -0.39 is 5.60 Å². The SMILES string of the molecule is CN(C)C(=O)[C@@]1(C)CN(Cc2cn[nH]c2-c2ccccc2)CCO1. The standard InChI is InChI=1S/C18H24N4O2/c1-18(17(23)21(2)3)13-22(9-10-24-18)12-15-11-19-20-16(15)14-7-5-4-6-8-14/h4-8,11H,9-10,12-13H2,1-3H3,(H,19,20)/t18-/m1/s1. The van der Waals surface area contributed by atoms with Gasteiger partial charge in [0.2, 0.25) is 0 Å². The van der Waals surface area contributed by atoms with E-state index in [-0.39, 0.29) is 5.91 Å². The fourth-order valence-electron chi connectivity index (χ4n) is 3.22. The third kappa shape index (κ3) is 3.34. The number of hydrogen-bond acceptors (Lipinski definition) is 4. The molecule has 1 aromatic heterocycles. The number of ether oxygens (including phenoxy) is 1. The van der Waals surface area contributed by atoms with Crippen LogP contribution in [0.4, 0.5) is 0 Å². The van der Waals surface area contributed by atoms with Gasteiger partial charge in [0.15, 0.2) is 5.60 Å². The fraction of sp³-hybridized carbons (Fsp3) is 0.444. The molecule has 1 aliphatic heterocycles. The van der Waals surface area contributed by atoms with Crippen LogP contribution in [-0.2, 0) is 16.1 Å². The monoisotopic (exact) mass is 328 g/mol. The Balaban J connectivity index is 1.76. The quantitative estimate of drug-likeness (QED) is 0.929. The summed E-state index contributed by atoms with van der Waals surface area (Å²) in [6.45, 7) is 4.53. The van der Waals surface area contributed by atoms with Gasteiger partial charge in [-0.1, -0.05) is 30.3 Å². The maximum absolute atomic E-state index is 12.4. The van der Waals surface area contributed by atoms with E-state index in [2.05, 4.69) is 27.2 Å². The topological polar surface area (TPSA) is 61.5 Å². The molecule has 2 aromatic rings. The molecule has 1 atom stereocenters. The number of amides is 1. The van der Waals surface area contributed by atoms with Gasteiger partial charge >= 0.3 is 0 Å². The highest BCUT2D eigenvalue weighted by atomic mass is 16.5. The highest BCUT2D eigenvalue weighted by molar-refractivity contribution is 5.84. The number of morpholine rings is 1. The molecule has 1 N–H and O–H groups in total. The molecule has 3 rings (SSSR count). The predicted molar refractivity (Wildman–Crippen MR) is 92.4 cm³/mol. The molecule has 2 heterocycles. The molecule has 1 aliphatic rings. The Hall–Kier alpha value is -2.18. The van der Waals surface area contributed by atoms with Gasteiger partial charge in [-0.15, -0.1) is 0 Å². The van der Waals surface area contributed by atoms with E-state index in [9.17, 15) is 4.79 Å². The summed E-state index contributed by atoms with van der Waals surface area (Å²) in [6, 6.07) is 10.2. The van der Waals surface area contributed by atoms with Crippen LogP contribution in [0.5, 0.6) is 0 Å². The van der Waals surface area contributed by atoms with Crippen molar-refractivity contribution in [3.8, 4) is 11.3 Å². The average molecular weight is 328 g/mol. The third-order valence-electron chi connectivity index (χ3n) is 4.39. The summed E-state index contributed by atoms with van der Waals surface area (Å²) in [4.78, 5) is 16.3. The zero-order chi connectivity index (χ0) is 17.2. The molecule has 6 nitrogen and oxygen atoms in total. The molecule has 1 fully saturated rings. The minimum absolute atomic E-state index is 0.00248. The van der Waals surface area contributed by atoms with Gasteiger partial charge in [0, 0.05) is 39.3 Å². The highest BCUT2D eigenvalue weighted by Crippen LogP contribution is 2.25. The second-order valence-corrected chi connectivity index (χ2v) is 6.63. The van der Waals surface area contributed by atoms with Gasteiger partial charge < -0.3 is 9.64 Å². The van der Waals surface area contributed by atoms with Gasteiger partial charge in [0.1, 0.15) is 0 Å². The fourth-order valence-corrected chi connectivity index (χ4v) is 3.22. The van der Waals surface area contributed by atoms with E-state index in [1.54, 1.807) is 19.0 Å². The van der Waals surface area contributed by atoms with Crippen molar-refractivity contribution in [1.29, 1.82) is 0 Å². The molecule has 24 heavy (non-hydrogen) atoms. The van der Waals surface area contributed by atoms with Crippen LogP contribution in [-0.4, -0.2) is 65.3 Å². The molecular formula is C18H24N4O2. The zero-order valence-corrected chi connectivity index (χ0v) is 14.5. The minimum Gasteiger partial charge on any atom is -0.363 e. The summed E-state index contributed by atoms with van der Waals surface area (Å²) in [5.41, 5.74) is 2.48. The van der Waals surface area contributed by atoms with Gasteiger partial charge in [0.05, 0.1) is 18.5 Å². The second-order valence-electron chi connectivity index (χ2n) is 6.63. The van der Waals surface area contributed by atoms with E-state index in [1.165, 1.54) is 0 Å². The maximum atomic E-state index is 12.4. The Morgan fingerprint density at radius 2 is 2.12 bits per heavy atom. The van der Waals surface area contributed by atoms with Crippen LogP contribution in [0, 0.1) is 0 Å². The van der Waals surface area contributed by atoms with Crippen molar-refractivity contribution in [2.75, 3.05) is 33.8 Å². The van der Waals surface area contributed by atoms with Crippen molar-refractivity contribution in [1.82, 2.24) is 20.0 Å². The lowest BCUT2D eigenvalue weighted by Crippen LogP contribution is -2.57. The Kier molecular flexibility index (Phi) is 4.69. The summed E-state index contributed by atoms with van der Waals surface area (Å²) in [6.07, 6.45) is 1.86. The summed E-state index contributed by atoms with van der Waals surface area (Å²) in [5, 5.41) is 7.30. The predicted octanol–water partition coefficient (Wildman–Crippen LogP) is 1.76. The number of hydrogen-bond donors (Lipinski definition) is 1. The Morgan fingerprint density at radius 1 is 1.38 bits per heavy atom. The Bertz CT molecular complexity index is 698. The summed E-state index contributed by atoms with van der Waals surface area (Å²) < 4.78 is 5.80. The van der Waals surface area contributed by atoms with Crippen molar-refractivity contribution < 1.29 is 9.53 Å². The van der Waals surface area contributed by atoms with Crippen LogP contribution in [0.1, 0.15) is 12.5 Å². The van der Waals surface area contributed by atoms with Crippen molar-refractivity contribution in [3.05, 3.63) is 42.1 Å². The number of carbonyl (C=O) groups excluding carboxylic acids is 1. The van der Waals surface area contributed by atoms with Crippen molar-refractivity contribution in [3.63, 3.8) is 0 Å². The Labute approximate surface area is 142 Å². The summed E-state index contributed by atoms with van der Waals surface area (Å²) >= 11 is 0. The number of aromatic amines is 1. The molecule has 1 amide bonds. The number of carbonyl (C=O) groups is 1. The zero-order valence-electron chi connectivity index (χ0n) is 14.5. The van der Waals surface area contributed by atoms with Gasteiger partial charge in [-0.05, 0) is 12.5 Å². The normalized spacial score (nSPS) is 21.6. The average Bonchev–Trinajstić information content (AvgIpc) is 3.03.